The van der Waals surface area contributed by atoms with E-state index in [1.54, 1.807) is 36.0 Å². The largest absolute Gasteiger partial charge is 0.326 e. The minimum absolute atomic E-state index is 0.0188. The first-order chi connectivity index (χ1) is 13.1. The van der Waals surface area contributed by atoms with Gasteiger partial charge in [0.1, 0.15) is 0 Å². The summed E-state index contributed by atoms with van der Waals surface area (Å²) in [6.45, 7) is 2.38. The van der Waals surface area contributed by atoms with Crippen LogP contribution in [0, 0.1) is 0 Å². The van der Waals surface area contributed by atoms with E-state index >= 15 is 0 Å². The second-order valence-corrected chi connectivity index (χ2v) is 7.50. The molecule has 0 aliphatic carbocycles. The maximum Gasteiger partial charge on any atom is 0.261 e. The lowest BCUT2D eigenvalue weighted by atomic mass is 10.1. The van der Waals surface area contributed by atoms with Gasteiger partial charge in [-0.2, -0.15) is 0 Å². The van der Waals surface area contributed by atoms with Gasteiger partial charge in [0.2, 0.25) is 5.91 Å². The molecule has 1 aliphatic heterocycles. The van der Waals surface area contributed by atoms with Crippen molar-refractivity contribution < 1.29 is 14.4 Å². The molecule has 0 radical (unpaired) electrons. The maximum absolute atomic E-state index is 12.3. The van der Waals surface area contributed by atoms with Crippen molar-refractivity contribution in [2.45, 2.75) is 31.1 Å². The van der Waals surface area contributed by atoms with Gasteiger partial charge in [-0.3, -0.25) is 19.3 Å². The van der Waals surface area contributed by atoms with Crippen LogP contribution >= 0.6 is 11.8 Å². The molecule has 0 aromatic heterocycles. The van der Waals surface area contributed by atoms with Crippen molar-refractivity contribution >= 4 is 35.2 Å². The Morgan fingerprint density at radius 2 is 1.74 bits per heavy atom. The van der Waals surface area contributed by atoms with Crippen molar-refractivity contribution in [1.29, 1.82) is 0 Å². The molecule has 2 aromatic rings. The van der Waals surface area contributed by atoms with Crippen LogP contribution in [0.1, 0.15) is 46.9 Å². The molecule has 27 heavy (non-hydrogen) atoms. The molecule has 0 bridgehead atoms. The van der Waals surface area contributed by atoms with Gasteiger partial charge in [-0.1, -0.05) is 25.1 Å². The van der Waals surface area contributed by atoms with Gasteiger partial charge in [0.25, 0.3) is 11.8 Å². The summed E-state index contributed by atoms with van der Waals surface area (Å²) in [5.74, 6) is 0.382. The summed E-state index contributed by atoms with van der Waals surface area (Å²) >= 11 is 1.64. The number of carbonyl (C=O) groups is 3. The van der Waals surface area contributed by atoms with Crippen molar-refractivity contribution in [3.63, 3.8) is 0 Å². The fourth-order valence-electron chi connectivity index (χ4n) is 2.97. The Kier molecular flexibility index (Phi) is 6.29. The zero-order valence-electron chi connectivity index (χ0n) is 15.2. The number of anilines is 1. The monoisotopic (exact) mass is 382 g/mol. The summed E-state index contributed by atoms with van der Waals surface area (Å²) in [5.41, 5.74) is 1.77. The molecule has 1 N–H and O–H groups in total. The molecule has 1 heterocycles. The third-order valence-electron chi connectivity index (χ3n) is 4.27. The van der Waals surface area contributed by atoms with E-state index in [4.69, 9.17) is 0 Å². The van der Waals surface area contributed by atoms with Gasteiger partial charge in [-0.05, 0) is 48.9 Å². The number of carbonyl (C=O) groups excluding carboxylic acids is 3. The molecule has 0 saturated heterocycles. The number of hydrogen-bond donors (Lipinski definition) is 1. The summed E-state index contributed by atoms with van der Waals surface area (Å²) in [6.07, 6.45) is 2.04. The number of benzene rings is 2. The molecule has 0 fully saturated rings. The van der Waals surface area contributed by atoms with Gasteiger partial charge < -0.3 is 5.32 Å². The molecule has 0 unspecified atom stereocenters. The summed E-state index contributed by atoms with van der Waals surface area (Å²) in [4.78, 5) is 38.7. The van der Waals surface area contributed by atoms with Crippen LogP contribution in [0.15, 0.2) is 53.4 Å². The Morgan fingerprint density at radius 3 is 2.41 bits per heavy atom. The van der Waals surface area contributed by atoms with Crippen LogP contribution < -0.4 is 5.32 Å². The number of amides is 3. The van der Waals surface area contributed by atoms with E-state index in [1.165, 1.54) is 4.90 Å². The lowest BCUT2D eigenvalue weighted by Crippen LogP contribution is -2.30. The average molecular weight is 382 g/mol. The van der Waals surface area contributed by atoms with Gasteiger partial charge in [-0.25, -0.2) is 0 Å². The van der Waals surface area contributed by atoms with Crippen molar-refractivity contribution in [3.8, 4) is 0 Å². The topological polar surface area (TPSA) is 66.5 Å². The van der Waals surface area contributed by atoms with E-state index < -0.39 is 0 Å². The summed E-state index contributed by atoms with van der Waals surface area (Å²) in [6, 6.07) is 14.7. The molecule has 3 rings (SSSR count). The number of fused-ring (bicyclic) bond motifs is 1. The second-order valence-electron chi connectivity index (χ2n) is 6.34. The fraction of sp³-hybridized carbons (Fsp3) is 0.286. The summed E-state index contributed by atoms with van der Waals surface area (Å²) < 4.78 is 0. The highest BCUT2D eigenvalue weighted by Crippen LogP contribution is 2.25. The minimum atomic E-state index is -0.207. The second kappa shape index (κ2) is 8.86. The molecule has 140 valence electrons. The van der Waals surface area contributed by atoms with E-state index in [1.807, 2.05) is 31.2 Å². The number of nitrogens with one attached hydrogen (secondary N) is 1. The van der Waals surface area contributed by atoms with Crippen LogP contribution in [-0.2, 0) is 4.79 Å². The molecular weight excluding hydrogens is 360 g/mol. The van der Waals surface area contributed by atoms with Crippen LogP contribution in [0.2, 0.25) is 0 Å². The Bertz CT molecular complexity index is 831. The highest BCUT2D eigenvalue weighted by atomic mass is 32.2. The number of imide groups is 1. The van der Waals surface area contributed by atoms with Crippen molar-refractivity contribution in [2.75, 3.05) is 17.6 Å². The van der Waals surface area contributed by atoms with Crippen molar-refractivity contribution in [2.24, 2.45) is 0 Å². The number of thioether (sulfide) groups is 1. The van der Waals surface area contributed by atoms with Gasteiger partial charge >= 0.3 is 0 Å². The van der Waals surface area contributed by atoms with Gasteiger partial charge in [0.15, 0.2) is 0 Å². The molecule has 0 spiro atoms. The first-order valence-electron chi connectivity index (χ1n) is 9.08. The number of rotatable bonds is 8. The van der Waals surface area contributed by atoms with E-state index in [0.717, 1.165) is 22.8 Å². The van der Waals surface area contributed by atoms with Crippen LogP contribution in [0.3, 0.4) is 0 Å². The standard InChI is InChI=1S/C21H22N2O3S/c1-2-7-19(24)22-15-8-5-9-16(14-15)27-13-6-12-23-20(25)17-10-3-4-11-18(17)21(23)26/h3-5,8-11,14H,2,6-7,12-13H2,1H3,(H,22,24). The maximum atomic E-state index is 12.3. The third-order valence-corrected chi connectivity index (χ3v) is 5.35. The van der Waals surface area contributed by atoms with Crippen LogP contribution in [0.25, 0.3) is 0 Å². The average Bonchev–Trinajstić information content (AvgIpc) is 2.90. The van der Waals surface area contributed by atoms with Crippen molar-refractivity contribution in [1.82, 2.24) is 4.90 Å². The smallest absolute Gasteiger partial charge is 0.261 e. The van der Waals surface area contributed by atoms with E-state index in [-0.39, 0.29) is 17.7 Å². The Hall–Kier alpha value is -2.60. The van der Waals surface area contributed by atoms with E-state index in [0.29, 0.717) is 30.5 Å². The molecule has 1 aliphatic rings. The molecule has 0 saturated carbocycles. The van der Waals surface area contributed by atoms with Gasteiger partial charge in [0.05, 0.1) is 11.1 Å². The van der Waals surface area contributed by atoms with Gasteiger partial charge in [-0.15, -0.1) is 11.8 Å². The molecular formula is C21H22N2O3S. The predicted octanol–water partition coefficient (Wildman–Crippen LogP) is 4.20. The quantitative estimate of drug-likeness (QED) is 0.422. The number of nitrogens with zero attached hydrogens (tertiary/aromatic N) is 1. The summed E-state index contributed by atoms with van der Waals surface area (Å²) in [5, 5.41) is 2.89. The van der Waals surface area contributed by atoms with Crippen LogP contribution in [0.5, 0.6) is 0 Å². The Balaban J connectivity index is 1.49. The Labute approximate surface area is 163 Å². The Morgan fingerprint density at radius 1 is 1.04 bits per heavy atom. The van der Waals surface area contributed by atoms with Crippen molar-refractivity contribution in [3.05, 3.63) is 59.7 Å². The first-order valence-corrected chi connectivity index (χ1v) is 10.1. The lowest BCUT2D eigenvalue weighted by Gasteiger charge is -2.13. The third kappa shape index (κ3) is 4.57. The highest BCUT2D eigenvalue weighted by molar-refractivity contribution is 7.99. The highest BCUT2D eigenvalue weighted by Gasteiger charge is 2.34. The number of hydrogen-bond acceptors (Lipinski definition) is 4. The van der Waals surface area contributed by atoms with E-state index in [2.05, 4.69) is 5.32 Å². The normalized spacial score (nSPS) is 13.0. The first kappa shape index (κ1) is 19.2. The van der Waals surface area contributed by atoms with Crippen LogP contribution in [-0.4, -0.2) is 34.9 Å². The zero-order valence-corrected chi connectivity index (χ0v) is 16.1. The molecule has 5 nitrogen and oxygen atoms in total. The molecule has 2 aromatic carbocycles. The van der Waals surface area contributed by atoms with Gasteiger partial charge in [0, 0.05) is 23.5 Å². The minimum Gasteiger partial charge on any atom is -0.326 e. The summed E-state index contributed by atoms with van der Waals surface area (Å²) in [7, 11) is 0. The SMILES string of the molecule is CCCC(=O)Nc1cccc(SCCCN2C(=O)c3ccccc3C2=O)c1. The van der Waals surface area contributed by atoms with Crippen LogP contribution in [0.4, 0.5) is 5.69 Å². The molecule has 3 amide bonds. The van der Waals surface area contributed by atoms with E-state index in [9.17, 15) is 14.4 Å². The lowest BCUT2D eigenvalue weighted by molar-refractivity contribution is -0.116. The fourth-order valence-corrected chi connectivity index (χ4v) is 3.86. The molecule has 0 atom stereocenters. The predicted molar refractivity (Wildman–Crippen MR) is 107 cm³/mol. The zero-order chi connectivity index (χ0) is 19.2. The molecule has 6 heteroatoms.